The molecule has 1 N–H and O–H groups in total. The Morgan fingerprint density at radius 3 is 3.23 bits per heavy atom. The van der Waals surface area contributed by atoms with E-state index in [9.17, 15) is 9.59 Å². The summed E-state index contributed by atoms with van der Waals surface area (Å²) < 4.78 is 6.65. The largest absolute Gasteiger partial charge is 0.467 e. The van der Waals surface area contributed by atoms with E-state index in [-0.39, 0.29) is 11.5 Å². The van der Waals surface area contributed by atoms with Crippen molar-refractivity contribution < 1.29 is 9.21 Å². The summed E-state index contributed by atoms with van der Waals surface area (Å²) in [6.07, 6.45) is 3.27. The van der Waals surface area contributed by atoms with Gasteiger partial charge in [0.25, 0.3) is 5.56 Å². The minimum Gasteiger partial charge on any atom is -0.467 e. The molecule has 0 aliphatic rings. The third kappa shape index (κ3) is 3.58. The van der Waals surface area contributed by atoms with E-state index in [2.05, 4.69) is 10.3 Å². The predicted molar refractivity (Wildman–Crippen MR) is 86.1 cm³/mol. The molecular weight excluding hydrogens is 322 g/mol. The van der Waals surface area contributed by atoms with Crippen LogP contribution < -0.4 is 10.9 Å². The molecule has 114 valence electrons. The maximum absolute atomic E-state index is 11.8. The number of carbonyl (C=O) groups excluding carboxylic acids is 1. The van der Waals surface area contributed by atoms with Crippen molar-refractivity contribution in [3.63, 3.8) is 0 Å². The number of carbonyl (C=O) groups is 1. The van der Waals surface area contributed by atoms with Gasteiger partial charge in [-0.1, -0.05) is 0 Å². The number of fused-ring (bicyclic) bond motifs is 1. The highest BCUT2D eigenvalue weighted by Gasteiger charge is 2.06. The van der Waals surface area contributed by atoms with Gasteiger partial charge in [0.2, 0.25) is 5.91 Å². The highest BCUT2D eigenvalue weighted by molar-refractivity contribution is 7.99. The van der Waals surface area contributed by atoms with Crippen LogP contribution in [0.5, 0.6) is 0 Å². The van der Waals surface area contributed by atoms with Crippen LogP contribution >= 0.6 is 23.1 Å². The number of thiazole rings is 1. The lowest BCUT2D eigenvalue weighted by atomic mass is 10.4. The molecule has 0 atom stereocenters. The van der Waals surface area contributed by atoms with Gasteiger partial charge in [0.15, 0.2) is 4.96 Å². The molecule has 0 aromatic carbocycles. The lowest BCUT2D eigenvalue weighted by Gasteiger charge is -2.03. The molecule has 1 amide bonds. The Bertz CT molecular complexity index is 823. The van der Waals surface area contributed by atoms with Gasteiger partial charge in [-0.3, -0.25) is 14.0 Å². The first-order valence-electron chi connectivity index (χ1n) is 6.55. The maximum Gasteiger partial charge on any atom is 0.258 e. The van der Waals surface area contributed by atoms with E-state index >= 15 is 0 Å². The molecule has 0 fully saturated rings. The van der Waals surface area contributed by atoms with Crippen LogP contribution in [0.25, 0.3) is 4.96 Å². The number of thioether (sulfide) groups is 1. The molecular formula is C14H13N3O3S2. The Morgan fingerprint density at radius 1 is 1.50 bits per heavy atom. The fraction of sp³-hybridized carbons (Fsp3) is 0.214. The van der Waals surface area contributed by atoms with Crippen LogP contribution in [0.15, 0.2) is 45.3 Å². The number of rotatable bonds is 6. The maximum atomic E-state index is 11.8. The number of furan rings is 1. The lowest BCUT2D eigenvalue weighted by molar-refractivity contribution is -0.118. The second kappa shape index (κ2) is 6.80. The third-order valence-corrected chi connectivity index (χ3v) is 4.60. The SMILES string of the molecule is O=C(CSCc1cc(=O)n2ccsc2n1)NCc1ccco1. The van der Waals surface area contributed by atoms with Crippen LogP contribution in [-0.2, 0) is 17.1 Å². The molecule has 0 saturated heterocycles. The first-order valence-corrected chi connectivity index (χ1v) is 8.58. The third-order valence-electron chi connectivity index (χ3n) is 2.88. The van der Waals surface area contributed by atoms with Crippen LogP contribution in [0.3, 0.4) is 0 Å². The molecule has 0 saturated carbocycles. The smallest absolute Gasteiger partial charge is 0.258 e. The van der Waals surface area contributed by atoms with Crippen molar-refractivity contribution in [2.75, 3.05) is 5.75 Å². The van der Waals surface area contributed by atoms with Gasteiger partial charge in [0, 0.05) is 23.4 Å². The van der Waals surface area contributed by atoms with Crippen molar-refractivity contribution in [2.24, 2.45) is 0 Å². The van der Waals surface area contributed by atoms with Gasteiger partial charge in [-0.05, 0) is 12.1 Å². The highest BCUT2D eigenvalue weighted by atomic mass is 32.2. The number of nitrogens with zero attached hydrogens (tertiary/aromatic N) is 2. The molecule has 3 aromatic rings. The predicted octanol–water partition coefficient (Wildman–Crippen LogP) is 1.90. The molecule has 0 aliphatic carbocycles. The first-order chi connectivity index (χ1) is 10.7. The van der Waals surface area contributed by atoms with E-state index < -0.39 is 0 Å². The minimum atomic E-state index is -0.0934. The lowest BCUT2D eigenvalue weighted by Crippen LogP contribution is -2.24. The minimum absolute atomic E-state index is 0.0738. The zero-order valence-corrected chi connectivity index (χ0v) is 13.2. The van der Waals surface area contributed by atoms with E-state index in [4.69, 9.17) is 4.42 Å². The second-order valence-electron chi connectivity index (χ2n) is 4.49. The summed E-state index contributed by atoms with van der Waals surface area (Å²) >= 11 is 2.84. The standard InChI is InChI=1S/C14H13N3O3S2/c18-12(15-7-11-2-1-4-20-11)9-21-8-10-6-13(19)17-3-5-22-14(17)16-10/h1-6H,7-9H2,(H,15,18). The number of aromatic nitrogens is 2. The van der Waals surface area contributed by atoms with Gasteiger partial charge >= 0.3 is 0 Å². The van der Waals surface area contributed by atoms with Crippen molar-refractivity contribution in [3.05, 3.63) is 57.8 Å². The molecule has 8 heteroatoms. The Balaban J connectivity index is 1.49. The summed E-state index contributed by atoms with van der Waals surface area (Å²) in [6, 6.07) is 5.09. The van der Waals surface area contributed by atoms with Crippen molar-refractivity contribution >= 4 is 34.0 Å². The Hall–Kier alpha value is -2.06. The van der Waals surface area contributed by atoms with Gasteiger partial charge in [-0.15, -0.1) is 23.1 Å². The van der Waals surface area contributed by atoms with Crippen LogP contribution in [0, 0.1) is 0 Å². The molecule has 3 heterocycles. The molecule has 22 heavy (non-hydrogen) atoms. The van der Waals surface area contributed by atoms with Crippen LogP contribution in [-0.4, -0.2) is 21.0 Å². The summed E-state index contributed by atoms with van der Waals surface area (Å²) in [4.78, 5) is 28.6. The number of hydrogen-bond acceptors (Lipinski definition) is 6. The van der Waals surface area contributed by atoms with Crippen molar-refractivity contribution in [2.45, 2.75) is 12.3 Å². The second-order valence-corrected chi connectivity index (χ2v) is 6.35. The molecule has 0 unspecified atom stereocenters. The quantitative estimate of drug-likeness (QED) is 0.744. The molecule has 0 spiro atoms. The van der Waals surface area contributed by atoms with Crippen molar-refractivity contribution in [3.8, 4) is 0 Å². The monoisotopic (exact) mass is 335 g/mol. The topological polar surface area (TPSA) is 76.6 Å². The zero-order chi connectivity index (χ0) is 15.4. The van der Waals surface area contributed by atoms with Crippen molar-refractivity contribution in [1.82, 2.24) is 14.7 Å². The average molecular weight is 335 g/mol. The number of nitrogens with one attached hydrogen (secondary N) is 1. The molecule has 0 radical (unpaired) electrons. The summed E-state index contributed by atoms with van der Waals surface area (Å²) in [6.45, 7) is 0.382. The summed E-state index contributed by atoms with van der Waals surface area (Å²) in [5, 5.41) is 4.59. The van der Waals surface area contributed by atoms with E-state index in [1.807, 2.05) is 5.38 Å². The molecule has 3 rings (SSSR count). The fourth-order valence-electron chi connectivity index (χ4n) is 1.86. The van der Waals surface area contributed by atoms with Gasteiger partial charge < -0.3 is 9.73 Å². The summed E-state index contributed by atoms with van der Waals surface area (Å²) in [7, 11) is 0. The van der Waals surface area contributed by atoms with Crippen molar-refractivity contribution in [1.29, 1.82) is 0 Å². The molecule has 0 aliphatic heterocycles. The van der Waals surface area contributed by atoms with Gasteiger partial charge in [-0.25, -0.2) is 4.98 Å². The first kappa shape index (κ1) is 14.9. The molecule has 6 nitrogen and oxygen atoms in total. The Morgan fingerprint density at radius 2 is 2.41 bits per heavy atom. The molecule has 3 aromatic heterocycles. The average Bonchev–Trinajstić information content (AvgIpc) is 3.16. The Kier molecular flexibility index (Phi) is 4.59. The fourth-order valence-corrected chi connectivity index (χ4v) is 3.35. The Labute approximate surface area is 134 Å². The van der Waals surface area contributed by atoms with E-state index in [0.717, 1.165) is 5.76 Å². The van der Waals surface area contributed by atoms with Gasteiger partial charge in [-0.2, -0.15) is 0 Å². The van der Waals surface area contributed by atoms with Crippen LogP contribution in [0.2, 0.25) is 0 Å². The summed E-state index contributed by atoms with van der Waals surface area (Å²) in [5.74, 6) is 1.48. The molecule has 0 bridgehead atoms. The van der Waals surface area contributed by atoms with Gasteiger partial charge in [0.1, 0.15) is 5.76 Å². The van der Waals surface area contributed by atoms with E-state index in [1.54, 1.807) is 24.6 Å². The summed E-state index contributed by atoms with van der Waals surface area (Å²) in [5.41, 5.74) is 0.598. The number of hydrogen-bond donors (Lipinski definition) is 1. The highest BCUT2D eigenvalue weighted by Crippen LogP contribution is 2.12. The normalized spacial score (nSPS) is 10.9. The van der Waals surface area contributed by atoms with Gasteiger partial charge in [0.05, 0.1) is 24.3 Å². The van der Waals surface area contributed by atoms with Crippen LogP contribution in [0.4, 0.5) is 0 Å². The zero-order valence-electron chi connectivity index (χ0n) is 11.5. The van der Waals surface area contributed by atoms with Crippen LogP contribution in [0.1, 0.15) is 11.5 Å². The van der Waals surface area contributed by atoms with E-state index in [1.165, 1.54) is 33.6 Å². The van der Waals surface area contributed by atoms with E-state index in [0.29, 0.717) is 28.7 Å². The number of amides is 1.